The molecule has 1 atom stereocenters. The summed E-state index contributed by atoms with van der Waals surface area (Å²) in [5, 5.41) is 6.54. The Balaban J connectivity index is 1.88. The Hall–Kier alpha value is -0.510. The molecule has 0 spiro atoms. The zero-order valence-electron chi connectivity index (χ0n) is 9.75. The first-order valence-electron chi connectivity index (χ1n) is 6.02. The molecule has 1 aliphatic rings. The van der Waals surface area contributed by atoms with Crippen LogP contribution in [0.1, 0.15) is 29.3 Å². The quantitative estimate of drug-likeness (QED) is 0.743. The van der Waals surface area contributed by atoms with Crippen LogP contribution >= 0.6 is 38.9 Å². The molecule has 94 valence electrons. The van der Waals surface area contributed by atoms with Crippen molar-refractivity contribution in [2.24, 2.45) is 0 Å². The van der Waals surface area contributed by atoms with Crippen molar-refractivity contribution in [2.45, 2.75) is 25.3 Å². The molecule has 1 unspecified atom stereocenters. The van der Waals surface area contributed by atoms with Crippen LogP contribution in [0.25, 0.3) is 0 Å². The SMILES string of the molecule is Clc1ccc(Br)cc1NC1CCCc2sccc21. The number of aryl methyl sites for hydroxylation is 1. The number of fused-ring (bicyclic) bond motifs is 1. The third-order valence-corrected chi connectivity index (χ3v) is 5.13. The van der Waals surface area contributed by atoms with Crippen LogP contribution < -0.4 is 5.32 Å². The maximum Gasteiger partial charge on any atom is 0.0638 e. The zero-order valence-corrected chi connectivity index (χ0v) is 12.9. The number of benzene rings is 1. The number of hydrogen-bond acceptors (Lipinski definition) is 2. The maximum absolute atomic E-state index is 6.24. The van der Waals surface area contributed by atoms with Gasteiger partial charge >= 0.3 is 0 Å². The van der Waals surface area contributed by atoms with Gasteiger partial charge in [-0.05, 0) is 54.5 Å². The lowest BCUT2D eigenvalue weighted by atomic mass is 9.94. The summed E-state index contributed by atoms with van der Waals surface area (Å²) >= 11 is 11.6. The van der Waals surface area contributed by atoms with Crippen LogP contribution in [0.5, 0.6) is 0 Å². The van der Waals surface area contributed by atoms with E-state index in [-0.39, 0.29) is 0 Å². The molecule has 1 N–H and O–H groups in total. The van der Waals surface area contributed by atoms with Gasteiger partial charge in [0.15, 0.2) is 0 Å². The predicted molar refractivity (Wildman–Crippen MR) is 82.8 cm³/mol. The highest BCUT2D eigenvalue weighted by atomic mass is 79.9. The second kappa shape index (κ2) is 5.24. The van der Waals surface area contributed by atoms with Gasteiger partial charge in [0, 0.05) is 9.35 Å². The molecule has 18 heavy (non-hydrogen) atoms. The second-order valence-corrected chi connectivity index (χ2v) is 6.84. The van der Waals surface area contributed by atoms with Gasteiger partial charge < -0.3 is 5.32 Å². The molecule has 1 aromatic carbocycles. The Morgan fingerprint density at radius 2 is 2.22 bits per heavy atom. The number of halogens is 2. The molecule has 0 saturated carbocycles. The summed E-state index contributed by atoms with van der Waals surface area (Å²) in [7, 11) is 0. The van der Waals surface area contributed by atoms with E-state index in [1.807, 2.05) is 29.5 Å². The van der Waals surface area contributed by atoms with Gasteiger partial charge in [-0.2, -0.15) is 0 Å². The number of nitrogens with one attached hydrogen (secondary N) is 1. The van der Waals surface area contributed by atoms with Crippen LogP contribution in [0.3, 0.4) is 0 Å². The smallest absolute Gasteiger partial charge is 0.0638 e. The molecule has 3 rings (SSSR count). The van der Waals surface area contributed by atoms with Crippen molar-refractivity contribution < 1.29 is 0 Å². The molecule has 0 amide bonds. The molecule has 0 bridgehead atoms. The molecular weight excluding hydrogens is 330 g/mol. The number of rotatable bonds is 2. The summed E-state index contributed by atoms with van der Waals surface area (Å²) in [4.78, 5) is 1.52. The van der Waals surface area contributed by atoms with Crippen LogP contribution in [0.4, 0.5) is 5.69 Å². The van der Waals surface area contributed by atoms with Crippen LogP contribution in [-0.2, 0) is 6.42 Å². The highest BCUT2D eigenvalue weighted by Crippen LogP contribution is 2.37. The van der Waals surface area contributed by atoms with Crippen molar-refractivity contribution in [2.75, 3.05) is 5.32 Å². The van der Waals surface area contributed by atoms with Gasteiger partial charge in [0.2, 0.25) is 0 Å². The second-order valence-electron chi connectivity index (χ2n) is 4.51. The normalized spacial score (nSPS) is 18.4. The Labute approximate surface area is 124 Å². The molecule has 4 heteroatoms. The van der Waals surface area contributed by atoms with Crippen LogP contribution in [-0.4, -0.2) is 0 Å². The molecular formula is C14H13BrClNS. The maximum atomic E-state index is 6.24. The van der Waals surface area contributed by atoms with E-state index in [1.165, 1.54) is 29.7 Å². The average Bonchev–Trinajstić information content (AvgIpc) is 2.83. The monoisotopic (exact) mass is 341 g/mol. The van der Waals surface area contributed by atoms with Crippen LogP contribution in [0, 0.1) is 0 Å². The summed E-state index contributed by atoms with van der Waals surface area (Å²) < 4.78 is 1.05. The highest BCUT2D eigenvalue weighted by molar-refractivity contribution is 9.10. The molecule has 1 aliphatic carbocycles. The van der Waals surface area contributed by atoms with E-state index >= 15 is 0 Å². The van der Waals surface area contributed by atoms with E-state index in [2.05, 4.69) is 32.7 Å². The van der Waals surface area contributed by atoms with Gasteiger partial charge in [-0.25, -0.2) is 0 Å². The minimum Gasteiger partial charge on any atom is -0.377 e. The summed E-state index contributed by atoms with van der Waals surface area (Å²) in [6.07, 6.45) is 3.64. The fourth-order valence-electron chi connectivity index (χ4n) is 2.43. The lowest BCUT2D eigenvalue weighted by molar-refractivity contribution is 0.609. The molecule has 0 aliphatic heterocycles. The van der Waals surface area contributed by atoms with Gasteiger partial charge in [-0.3, -0.25) is 0 Å². The molecule has 1 nitrogen and oxygen atoms in total. The molecule has 0 radical (unpaired) electrons. The first-order valence-corrected chi connectivity index (χ1v) is 8.07. The summed E-state index contributed by atoms with van der Waals surface area (Å²) in [6, 6.07) is 8.56. The van der Waals surface area contributed by atoms with Crippen LogP contribution in [0.2, 0.25) is 5.02 Å². The minimum atomic E-state index is 0.395. The summed E-state index contributed by atoms with van der Waals surface area (Å²) in [5.74, 6) is 0. The highest BCUT2D eigenvalue weighted by Gasteiger charge is 2.21. The van der Waals surface area contributed by atoms with E-state index in [1.54, 1.807) is 0 Å². The van der Waals surface area contributed by atoms with E-state index in [0.29, 0.717) is 6.04 Å². The van der Waals surface area contributed by atoms with Crippen molar-refractivity contribution in [3.05, 3.63) is 49.6 Å². The summed E-state index contributed by atoms with van der Waals surface area (Å²) in [5.41, 5.74) is 2.46. The number of thiophene rings is 1. The van der Waals surface area contributed by atoms with E-state index in [9.17, 15) is 0 Å². The predicted octanol–water partition coefficient (Wildman–Crippen LogP) is 5.65. The minimum absolute atomic E-state index is 0.395. The van der Waals surface area contributed by atoms with Crippen molar-refractivity contribution >= 4 is 44.6 Å². The van der Waals surface area contributed by atoms with Gasteiger partial charge in [0.1, 0.15) is 0 Å². The standard InChI is InChI=1S/C14H13BrClNS/c15-9-4-5-11(16)13(8-9)17-12-2-1-3-14-10(12)6-7-18-14/h4-8,12,17H,1-3H2. The first kappa shape index (κ1) is 12.5. The van der Waals surface area contributed by atoms with Crippen molar-refractivity contribution in [3.8, 4) is 0 Å². The first-order chi connectivity index (χ1) is 8.74. The third kappa shape index (κ3) is 2.44. The summed E-state index contributed by atoms with van der Waals surface area (Å²) in [6.45, 7) is 0. The zero-order chi connectivity index (χ0) is 12.5. The van der Waals surface area contributed by atoms with Crippen LogP contribution in [0.15, 0.2) is 34.1 Å². The fourth-order valence-corrected chi connectivity index (χ4v) is 3.95. The third-order valence-electron chi connectivity index (χ3n) is 3.31. The van der Waals surface area contributed by atoms with Gasteiger partial charge in [-0.15, -0.1) is 11.3 Å². The van der Waals surface area contributed by atoms with E-state index in [0.717, 1.165) is 15.2 Å². The lowest BCUT2D eigenvalue weighted by Crippen LogP contribution is -2.15. The van der Waals surface area contributed by atoms with E-state index < -0.39 is 0 Å². The Morgan fingerprint density at radius 1 is 1.33 bits per heavy atom. The van der Waals surface area contributed by atoms with E-state index in [4.69, 9.17) is 11.6 Å². The largest absolute Gasteiger partial charge is 0.377 e. The molecule has 1 aromatic heterocycles. The average molecular weight is 343 g/mol. The Kier molecular flexibility index (Phi) is 3.64. The molecule has 0 fully saturated rings. The molecule has 0 saturated heterocycles. The van der Waals surface area contributed by atoms with Crippen molar-refractivity contribution in [1.29, 1.82) is 0 Å². The van der Waals surface area contributed by atoms with Gasteiger partial charge in [0.25, 0.3) is 0 Å². The lowest BCUT2D eigenvalue weighted by Gasteiger charge is -2.25. The number of anilines is 1. The van der Waals surface area contributed by atoms with Gasteiger partial charge in [-0.1, -0.05) is 27.5 Å². The fraction of sp³-hybridized carbons (Fsp3) is 0.286. The topological polar surface area (TPSA) is 12.0 Å². The molecule has 1 heterocycles. The van der Waals surface area contributed by atoms with Gasteiger partial charge in [0.05, 0.1) is 16.8 Å². The number of hydrogen-bond donors (Lipinski definition) is 1. The molecule has 2 aromatic rings. The van der Waals surface area contributed by atoms with Crippen molar-refractivity contribution in [1.82, 2.24) is 0 Å². The van der Waals surface area contributed by atoms with Crippen molar-refractivity contribution in [3.63, 3.8) is 0 Å². The Bertz CT molecular complexity index is 567. The Morgan fingerprint density at radius 3 is 3.11 bits per heavy atom.